The van der Waals surface area contributed by atoms with E-state index in [-0.39, 0.29) is 17.6 Å². The summed E-state index contributed by atoms with van der Waals surface area (Å²) in [5.74, 6) is 0.530. The number of hydrogen-bond donors (Lipinski definition) is 1. The van der Waals surface area contributed by atoms with Gasteiger partial charge in [0.2, 0.25) is 0 Å². The molecule has 2 aromatic carbocycles. The highest BCUT2D eigenvalue weighted by atomic mass is 16.6. The molecule has 142 valence electrons. The highest BCUT2D eigenvalue weighted by Gasteiger charge is 2.26. The van der Waals surface area contributed by atoms with E-state index in [4.69, 9.17) is 4.74 Å². The van der Waals surface area contributed by atoms with E-state index < -0.39 is 4.92 Å². The molecule has 0 aromatic heterocycles. The zero-order valence-corrected chi connectivity index (χ0v) is 15.5. The van der Waals surface area contributed by atoms with Crippen molar-refractivity contribution in [2.75, 3.05) is 18.6 Å². The van der Waals surface area contributed by atoms with E-state index >= 15 is 0 Å². The molecule has 0 atom stereocenters. The highest BCUT2D eigenvalue weighted by molar-refractivity contribution is 5.96. The van der Waals surface area contributed by atoms with Crippen LogP contribution in [-0.2, 0) is 6.54 Å². The molecule has 1 amide bonds. The van der Waals surface area contributed by atoms with Crippen LogP contribution in [-0.4, -0.2) is 30.5 Å². The van der Waals surface area contributed by atoms with Crippen molar-refractivity contribution in [3.8, 4) is 5.75 Å². The molecule has 0 aliphatic heterocycles. The topological polar surface area (TPSA) is 84.7 Å². The van der Waals surface area contributed by atoms with Gasteiger partial charge in [0.25, 0.3) is 11.6 Å². The first-order chi connectivity index (χ1) is 13.0. The molecule has 1 saturated carbocycles. The van der Waals surface area contributed by atoms with Crippen molar-refractivity contribution in [1.82, 2.24) is 5.32 Å². The standard InChI is InChI=1S/C20H23N3O4/c1-3-27-17-9-4-14(5-10-17)13-22(2)18-11-6-15(12-19(18)23(25)26)20(24)21-16-7-8-16/h4-6,9-12,16H,3,7-8,13H2,1-2H3,(H,21,24). The average molecular weight is 369 g/mol. The fraction of sp³-hybridized carbons (Fsp3) is 0.350. The number of rotatable bonds is 8. The monoisotopic (exact) mass is 369 g/mol. The van der Waals surface area contributed by atoms with Crippen LogP contribution in [0.4, 0.5) is 11.4 Å². The van der Waals surface area contributed by atoms with Crippen molar-refractivity contribution in [2.24, 2.45) is 0 Å². The summed E-state index contributed by atoms with van der Waals surface area (Å²) in [7, 11) is 1.79. The number of nitro benzene ring substituents is 1. The van der Waals surface area contributed by atoms with Crippen LogP contribution in [0.1, 0.15) is 35.7 Å². The average Bonchev–Trinajstić information content (AvgIpc) is 3.47. The summed E-state index contributed by atoms with van der Waals surface area (Å²) in [5, 5.41) is 14.4. The van der Waals surface area contributed by atoms with Crippen molar-refractivity contribution in [3.63, 3.8) is 0 Å². The second-order valence-corrected chi connectivity index (χ2v) is 6.64. The van der Waals surface area contributed by atoms with Gasteiger partial charge in [0.1, 0.15) is 11.4 Å². The zero-order chi connectivity index (χ0) is 19.4. The predicted octanol–water partition coefficient (Wildman–Crippen LogP) is 3.52. The minimum atomic E-state index is -0.447. The minimum Gasteiger partial charge on any atom is -0.494 e. The van der Waals surface area contributed by atoms with Gasteiger partial charge < -0.3 is 15.0 Å². The Morgan fingerprint density at radius 1 is 1.26 bits per heavy atom. The Kier molecular flexibility index (Phi) is 5.59. The lowest BCUT2D eigenvalue weighted by Gasteiger charge is -2.20. The van der Waals surface area contributed by atoms with E-state index in [0.717, 1.165) is 24.2 Å². The third-order valence-electron chi connectivity index (χ3n) is 4.41. The summed E-state index contributed by atoms with van der Waals surface area (Å²) < 4.78 is 5.43. The minimum absolute atomic E-state index is 0.0770. The fourth-order valence-corrected chi connectivity index (χ4v) is 2.85. The van der Waals surface area contributed by atoms with Crippen LogP contribution < -0.4 is 15.0 Å². The first kappa shape index (κ1) is 18.7. The van der Waals surface area contributed by atoms with Gasteiger partial charge in [0.15, 0.2) is 0 Å². The van der Waals surface area contributed by atoms with Gasteiger partial charge in [0, 0.05) is 31.3 Å². The van der Waals surface area contributed by atoms with E-state index in [9.17, 15) is 14.9 Å². The first-order valence-corrected chi connectivity index (χ1v) is 9.00. The Morgan fingerprint density at radius 3 is 2.56 bits per heavy atom. The number of amides is 1. The Labute approximate surface area is 158 Å². The second kappa shape index (κ2) is 8.07. The molecule has 27 heavy (non-hydrogen) atoms. The summed E-state index contributed by atoms with van der Waals surface area (Å²) in [6, 6.07) is 12.5. The second-order valence-electron chi connectivity index (χ2n) is 6.64. The molecule has 1 N–H and O–H groups in total. The largest absolute Gasteiger partial charge is 0.494 e. The lowest BCUT2D eigenvalue weighted by molar-refractivity contribution is -0.384. The van der Waals surface area contributed by atoms with Gasteiger partial charge in [-0.3, -0.25) is 14.9 Å². The van der Waals surface area contributed by atoms with Gasteiger partial charge in [-0.15, -0.1) is 0 Å². The number of ether oxygens (including phenoxy) is 1. The number of carbonyl (C=O) groups excluding carboxylic acids is 1. The van der Waals surface area contributed by atoms with Gasteiger partial charge in [0.05, 0.1) is 11.5 Å². The summed E-state index contributed by atoms with van der Waals surface area (Å²) in [4.78, 5) is 25.1. The summed E-state index contributed by atoms with van der Waals surface area (Å²) in [6.07, 6.45) is 1.94. The molecule has 1 aliphatic rings. The number of nitrogens with zero attached hydrogens (tertiary/aromatic N) is 2. The van der Waals surface area contributed by atoms with Crippen LogP contribution in [0.5, 0.6) is 5.75 Å². The van der Waals surface area contributed by atoms with Crippen LogP contribution in [0.15, 0.2) is 42.5 Å². The number of hydrogen-bond acceptors (Lipinski definition) is 5. The van der Waals surface area contributed by atoms with Gasteiger partial charge >= 0.3 is 0 Å². The molecule has 0 unspecified atom stereocenters. The number of carbonyl (C=O) groups is 1. The molecular weight excluding hydrogens is 346 g/mol. The Bertz CT molecular complexity index is 832. The molecule has 7 heteroatoms. The highest BCUT2D eigenvalue weighted by Crippen LogP contribution is 2.30. The third-order valence-corrected chi connectivity index (χ3v) is 4.41. The molecule has 0 heterocycles. The van der Waals surface area contributed by atoms with E-state index in [1.54, 1.807) is 24.1 Å². The number of nitrogens with one attached hydrogen (secondary N) is 1. The molecule has 0 radical (unpaired) electrons. The van der Waals surface area contributed by atoms with Crippen LogP contribution >= 0.6 is 0 Å². The Morgan fingerprint density at radius 2 is 1.96 bits per heavy atom. The van der Waals surface area contributed by atoms with Crippen LogP contribution in [0.25, 0.3) is 0 Å². The summed E-state index contributed by atoms with van der Waals surface area (Å²) >= 11 is 0. The predicted molar refractivity (Wildman–Crippen MR) is 103 cm³/mol. The maximum atomic E-state index is 12.2. The van der Waals surface area contributed by atoms with Crippen molar-refractivity contribution in [3.05, 3.63) is 63.7 Å². The van der Waals surface area contributed by atoms with Crippen molar-refractivity contribution in [1.29, 1.82) is 0 Å². The normalized spacial score (nSPS) is 13.1. The Hall–Kier alpha value is -3.09. The van der Waals surface area contributed by atoms with Crippen molar-refractivity contribution in [2.45, 2.75) is 32.4 Å². The zero-order valence-electron chi connectivity index (χ0n) is 15.5. The quantitative estimate of drug-likeness (QED) is 0.568. The molecule has 1 aliphatic carbocycles. The van der Waals surface area contributed by atoms with E-state index in [1.165, 1.54) is 6.07 Å². The molecule has 3 rings (SSSR count). The molecular formula is C20H23N3O4. The van der Waals surface area contributed by atoms with Crippen LogP contribution in [0, 0.1) is 10.1 Å². The first-order valence-electron chi connectivity index (χ1n) is 9.00. The van der Waals surface area contributed by atoms with E-state index in [2.05, 4.69) is 5.32 Å². The van der Waals surface area contributed by atoms with Gasteiger partial charge in [-0.1, -0.05) is 12.1 Å². The number of nitro groups is 1. The summed E-state index contributed by atoms with van der Waals surface area (Å²) in [5.41, 5.74) is 1.71. The van der Waals surface area contributed by atoms with E-state index in [0.29, 0.717) is 24.4 Å². The molecule has 7 nitrogen and oxygen atoms in total. The van der Waals surface area contributed by atoms with Crippen molar-refractivity contribution >= 4 is 17.3 Å². The van der Waals surface area contributed by atoms with Gasteiger partial charge in [-0.05, 0) is 49.6 Å². The van der Waals surface area contributed by atoms with Gasteiger partial charge in [-0.2, -0.15) is 0 Å². The number of benzene rings is 2. The maximum Gasteiger partial charge on any atom is 0.293 e. The summed E-state index contributed by atoms with van der Waals surface area (Å²) in [6.45, 7) is 3.03. The molecule has 2 aromatic rings. The SMILES string of the molecule is CCOc1ccc(CN(C)c2ccc(C(=O)NC3CC3)cc2[N+](=O)[O-])cc1. The molecule has 0 saturated heterocycles. The fourth-order valence-electron chi connectivity index (χ4n) is 2.85. The molecule has 0 bridgehead atoms. The molecule has 0 spiro atoms. The maximum absolute atomic E-state index is 12.2. The lowest BCUT2D eigenvalue weighted by atomic mass is 10.1. The van der Waals surface area contributed by atoms with E-state index in [1.807, 2.05) is 31.2 Å². The Balaban J connectivity index is 1.77. The van der Waals surface area contributed by atoms with Crippen LogP contribution in [0.3, 0.4) is 0 Å². The van der Waals surface area contributed by atoms with Crippen molar-refractivity contribution < 1.29 is 14.5 Å². The van der Waals surface area contributed by atoms with Crippen LogP contribution in [0.2, 0.25) is 0 Å². The smallest absolute Gasteiger partial charge is 0.293 e. The lowest BCUT2D eigenvalue weighted by Crippen LogP contribution is -2.25. The van der Waals surface area contributed by atoms with Gasteiger partial charge in [-0.25, -0.2) is 0 Å². The number of anilines is 1. The molecule has 1 fully saturated rings. The third kappa shape index (κ3) is 4.75.